The minimum absolute atomic E-state index is 0.828. The molecule has 1 aromatic carbocycles. The van der Waals surface area contributed by atoms with E-state index in [9.17, 15) is 13.2 Å². The Hall–Kier alpha value is -1.80. The zero-order valence-electron chi connectivity index (χ0n) is 13.7. The monoisotopic (exact) mass is 358 g/mol. The SMILES string of the molecule is O=C(O)C(F)(F)F.c1c2c(cc(N3CCOCC3)c1C1CC1)CNC2. The summed E-state index contributed by atoms with van der Waals surface area (Å²) >= 11 is 0. The smallest absolute Gasteiger partial charge is 0.475 e. The number of aliphatic carboxylic acids is 1. The fourth-order valence-electron chi connectivity index (χ4n) is 3.16. The molecule has 0 amide bonds. The zero-order valence-corrected chi connectivity index (χ0v) is 13.7. The summed E-state index contributed by atoms with van der Waals surface area (Å²) in [5.41, 5.74) is 6.11. The summed E-state index contributed by atoms with van der Waals surface area (Å²) in [6.45, 7) is 5.94. The Morgan fingerprint density at radius 3 is 2.24 bits per heavy atom. The molecule has 8 heteroatoms. The van der Waals surface area contributed by atoms with E-state index in [1.54, 1.807) is 5.56 Å². The Bertz CT molecular complexity index is 639. The second-order valence-corrected chi connectivity index (χ2v) is 6.46. The molecule has 3 aliphatic rings. The van der Waals surface area contributed by atoms with Crippen molar-refractivity contribution in [3.05, 3.63) is 28.8 Å². The highest BCUT2D eigenvalue weighted by Crippen LogP contribution is 2.46. The fraction of sp³-hybridized carbons (Fsp3) is 0.588. The predicted octanol–water partition coefficient (Wildman–Crippen LogP) is 2.64. The van der Waals surface area contributed by atoms with Gasteiger partial charge in [0.15, 0.2) is 0 Å². The van der Waals surface area contributed by atoms with Gasteiger partial charge in [-0.2, -0.15) is 13.2 Å². The number of alkyl halides is 3. The van der Waals surface area contributed by atoms with Gasteiger partial charge in [0.1, 0.15) is 0 Å². The molecule has 0 spiro atoms. The number of halogens is 3. The maximum atomic E-state index is 10.6. The van der Waals surface area contributed by atoms with Crippen molar-refractivity contribution in [2.24, 2.45) is 0 Å². The summed E-state index contributed by atoms with van der Waals surface area (Å²) in [6, 6.07) is 4.91. The molecule has 25 heavy (non-hydrogen) atoms. The predicted molar refractivity (Wildman–Crippen MR) is 85.7 cm³/mol. The van der Waals surface area contributed by atoms with Crippen molar-refractivity contribution in [3.8, 4) is 0 Å². The average Bonchev–Trinajstić information content (AvgIpc) is 3.32. The van der Waals surface area contributed by atoms with Gasteiger partial charge in [-0.05, 0) is 41.5 Å². The van der Waals surface area contributed by atoms with Crippen LogP contribution in [0, 0.1) is 0 Å². The second-order valence-electron chi connectivity index (χ2n) is 6.46. The molecule has 2 fully saturated rings. The van der Waals surface area contributed by atoms with Crippen LogP contribution in [0.1, 0.15) is 35.4 Å². The number of hydrogen-bond donors (Lipinski definition) is 2. The molecule has 1 saturated heterocycles. The van der Waals surface area contributed by atoms with E-state index in [1.807, 2.05) is 0 Å². The van der Waals surface area contributed by atoms with Crippen LogP contribution in [0.4, 0.5) is 18.9 Å². The van der Waals surface area contributed by atoms with Crippen LogP contribution in [0.15, 0.2) is 12.1 Å². The quantitative estimate of drug-likeness (QED) is 0.851. The van der Waals surface area contributed by atoms with Crippen LogP contribution >= 0.6 is 0 Å². The third-order valence-corrected chi connectivity index (χ3v) is 4.59. The number of fused-ring (bicyclic) bond motifs is 1. The van der Waals surface area contributed by atoms with Gasteiger partial charge in [0.25, 0.3) is 0 Å². The van der Waals surface area contributed by atoms with E-state index < -0.39 is 12.1 Å². The number of nitrogens with one attached hydrogen (secondary N) is 1. The Morgan fingerprint density at radius 1 is 1.16 bits per heavy atom. The topological polar surface area (TPSA) is 61.8 Å². The highest BCUT2D eigenvalue weighted by atomic mass is 19.4. The first-order chi connectivity index (χ1) is 11.9. The summed E-state index contributed by atoms with van der Waals surface area (Å²) in [5.74, 6) is -1.93. The van der Waals surface area contributed by atoms with E-state index in [0.29, 0.717) is 0 Å². The van der Waals surface area contributed by atoms with Crippen molar-refractivity contribution in [3.63, 3.8) is 0 Å². The summed E-state index contributed by atoms with van der Waals surface area (Å²) in [4.78, 5) is 11.4. The number of carboxylic acids is 1. The highest BCUT2D eigenvalue weighted by Gasteiger charge is 2.38. The number of hydrogen-bond acceptors (Lipinski definition) is 4. The van der Waals surface area contributed by atoms with Crippen LogP contribution in [0.25, 0.3) is 0 Å². The molecule has 0 aromatic heterocycles. The Morgan fingerprint density at radius 2 is 1.72 bits per heavy atom. The van der Waals surface area contributed by atoms with E-state index >= 15 is 0 Å². The van der Waals surface area contributed by atoms with Gasteiger partial charge in [-0.25, -0.2) is 4.79 Å². The molecule has 2 N–H and O–H groups in total. The number of ether oxygens (including phenoxy) is 1. The van der Waals surface area contributed by atoms with Crippen molar-refractivity contribution >= 4 is 11.7 Å². The Kier molecular flexibility index (Phi) is 5.19. The molecule has 0 atom stereocenters. The summed E-state index contributed by atoms with van der Waals surface area (Å²) < 4.78 is 37.2. The minimum Gasteiger partial charge on any atom is -0.475 e. The van der Waals surface area contributed by atoms with Crippen LogP contribution in [0.5, 0.6) is 0 Å². The van der Waals surface area contributed by atoms with Crippen LogP contribution in [-0.4, -0.2) is 43.6 Å². The van der Waals surface area contributed by atoms with E-state index in [1.165, 1.54) is 29.7 Å². The van der Waals surface area contributed by atoms with Crippen molar-refractivity contribution < 1.29 is 27.8 Å². The third kappa shape index (κ3) is 4.43. The number of benzene rings is 1. The maximum Gasteiger partial charge on any atom is 0.490 e. The van der Waals surface area contributed by atoms with Crippen molar-refractivity contribution in [1.82, 2.24) is 5.32 Å². The number of nitrogens with zero attached hydrogens (tertiary/aromatic N) is 1. The summed E-state index contributed by atoms with van der Waals surface area (Å²) in [5, 5.41) is 10.6. The van der Waals surface area contributed by atoms with Gasteiger partial charge in [0.05, 0.1) is 13.2 Å². The molecule has 138 valence electrons. The van der Waals surface area contributed by atoms with E-state index in [2.05, 4.69) is 22.3 Å². The van der Waals surface area contributed by atoms with Gasteiger partial charge in [0.2, 0.25) is 0 Å². The van der Waals surface area contributed by atoms with Crippen molar-refractivity contribution in [2.75, 3.05) is 31.2 Å². The van der Waals surface area contributed by atoms with E-state index in [-0.39, 0.29) is 0 Å². The van der Waals surface area contributed by atoms with Gasteiger partial charge in [-0.15, -0.1) is 0 Å². The number of morpholine rings is 1. The molecule has 4 rings (SSSR count). The minimum atomic E-state index is -5.08. The van der Waals surface area contributed by atoms with Gasteiger partial charge in [-0.3, -0.25) is 0 Å². The average molecular weight is 358 g/mol. The lowest BCUT2D eigenvalue weighted by molar-refractivity contribution is -0.192. The Balaban J connectivity index is 0.000000225. The Labute approximate surface area is 143 Å². The van der Waals surface area contributed by atoms with Crippen LogP contribution in [0.3, 0.4) is 0 Å². The lowest BCUT2D eigenvalue weighted by Crippen LogP contribution is -2.36. The lowest BCUT2D eigenvalue weighted by atomic mass is 10.00. The summed E-state index contributed by atoms with van der Waals surface area (Å²) in [6.07, 6.45) is -2.33. The van der Waals surface area contributed by atoms with Gasteiger partial charge in [-0.1, -0.05) is 6.07 Å². The maximum absolute atomic E-state index is 10.6. The number of carbonyl (C=O) groups is 1. The highest BCUT2D eigenvalue weighted by molar-refractivity contribution is 5.73. The molecule has 1 aliphatic carbocycles. The molecule has 0 unspecified atom stereocenters. The van der Waals surface area contributed by atoms with E-state index in [4.69, 9.17) is 14.6 Å². The van der Waals surface area contributed by atoms with E-state index in [0.717, 1.165) is 45.3 Å². The molecule has 1 saturated carbocycles. The fourth-order valence-corrected chi connectivity index (χ4v) is 3.16. The molecule has 0 radical (unpaired) electrons. The first-order valence-electron chi connectivity index (χ1n) is 8.35. The second kappa shape index (κ2) is 7.21. The standard InChI is InChI=1S/C15H20N2O.C2HF3O2/c1-2-11(1)14-7-12-9-16-10-13(12)8-15(14)17-3-5-18-6-4-17;3-2(4,5)1(6)7/h7-8,11,16H,1-6,9-10H2;(H,6,7). The van der Waals surface area contributed by atoms with Crippen LogP contribution in [-0.2, 0) is 22.6 Å². The summed E-state index contributed by atoms with van der Waals surface area (Å²) in [7, 11) is 0. The molecule has 5 nitrogen and oxygen atoms in total. The molecule has 1 aromatic rings. The van der Waals surface area contributed by atoms with Gasteiger partial charge >= 0.3 is 12.1 Å². The number of anilines is 1. The van der Waals surface area contributed by atoms with Crippen LogP contribution < -0.4 is 10.2 Å². The normalized spacial score (nSPS) is 19.9. The van der Waals surface area contributed by atoms with Crippen LogP contribution in [0.2, 0.25) is 0 Å². The molecular weight excluding hydrogens is 337 g/mol. The third-order valence-electron chi connectivity index (χ3n) is 4.59. The molecular formula is C17H21F3N2O3. The first kappa shape index (κ1) is 18.0. The number of rotatable bonds is 2. The zero-order chi connectivity index (χ0) is 18.0. The lowest BCUT2D eigenvalue weighted by Gasteiger charge is -2.31. The molecule has 2 aliphatic heterocycles. The first-order valence-corrected chi connectivity index (χ1v) is 8.35. The van der Waals surface area contributed by atoms with Crippen molar-refractivity contribution in [2.45, 2.75) is 38.0 Å². The molecule has 2 heterocycles. The largest absolute Gasteiger partial charge is 0.490 e. The van der Waals surface area contributed by atoms with Gasteiger partial charge in [0, 0.05) is 31.9 Å². The van der Waals surface area contributed by atoms with Crippen molar-refractivity contribution in [1.29, 1.82) is 0 Å². The number of carboxylic acid groups (broad SMARTS) is 1. The van der Waals surface area contributed by atoms with Gasteiger partial charge < -0.3 is 20.1 Å². The molecule has 0 bridgehead atoms.